The van der Waals surface area contributed by atoms with Crippen molar-refractivity contribution in [3.63, 3.8) is 0 Å². The fourth-order valence-electron chi connectivity index (χ4n) is 4.20. The first-order valence-corrected chi connectivity index (χ1v) is 8.73. The van der Waals surface area contributed by atoms with E-state index in [2.05, 4.69) is 22.4 Å². The number of nitrogens with one attached hydrogen (secondary N) is 1. The molecule has 3 heterocycles. The fourth-order valence-corrected chi connectivity index (χ4v) is 4.20. The number of pyridine rings is 1. The van der Waals surface area contributed by atoms with Gasteiger partial charge in [-0.15, -0.1) is 0 Å². The Bertz CT molecular complexity index is 768. The lowest BCUT2D eigenvalue weighted by Gasteiger charge is -2.41. The summed E-state index contributed by atoms with van der Waals surface area (Å²) in [5.41, 5.74) is 1.41. The average molecular weight is 335 g/mol. The van der Waals surface area contributed by atoms with Gasteiger partial charge in [0.05, 0.1) is 11.0 Å². The van der Waals surface area contributed by atoms with Crippen LogP contribution in [0.1, 0.15) is 34.7 Å². The molecule has 5 heteroatoms. The third-order valence-electron chi connectivity index (χ3n) is 5.64. The number of amides is 2. The largest absolute Gasteiger partial charge is 0.355 e. The summed E-state index contributed by atoms with van der Waals surface area (Å²) in [7, 11) is 0. The van der Waals surface area contributed by atoms with Crippen molar-refractivity contribution in [2.24, 2.45) is 5.41 Å². The minimum absolute atomic E-state index is 0.00221. The molecule has 2 aliphatic heterocycles. The van der Waals surface area contributed by atoms with Gasteiger partial charge in [-0.1, -0.05) is 30.3 Å². The van der Waals surface area contributed by atoms with Gasteiger partial charge in [-0.05, 0) is 30.5 Å². The first-order chi connectivity index (χ1) is 12.2. The normalized spacial score (nSPS) is 22.0. The molecular formula is C20H21N3O2. The number of aromatic nitrogens is 1. The highest BCUT2D eigenvalue weighted by Gasteiger charge is 2.52. The van der Waals surface area contributed by atoms with Crippen molar-refractivity contribution in [1.82, 2.24) is 15.2 Å². The maximum Gasteiger partial charge on any atom is 0.255 e. The van der Waals surface area contributed by atoms with Gasteiger partial charge in [-0.3, -0.25) is 14.6 Å². The van der Waals surface area contributed by atoms with Crippen LogP contribution in [0.2, 0.25) is 0 Å². The van der Waals surface area contributed by atoms with Crippen molar-refractivity contribution >= 4 is 11.8 Å². The smallest absolute Gasteiger partial charge is 0.255 e. The molecule has 2 saturated heterocycles. The van der Waals surface area contributed by atoms with Crippen molar-refractivity contribution in [2.45, 2.75) is 18.8 Å². The minimum atomic E-state index is -0.396. The molecule has 0 bridgehead atoms. The Morgan fingerprint density at radius 2 is 1.88 bits per heavy atom. The number of nitrogens with zero attached hydrogens (tertiary/aromatic N) is 2. The Morgan fingerprint density at radius 3 is 2.56 bits per heavy atom. The number of hydrogen-bond donors (Lipinski definition) is 1. The predicted octanol–water partition coefficient (Wildman–Crippen LogP) is 2.22. The highest BCUT2D eigenvalue weighted by Crippen LogP contribution is 2.47. The fraction of sp³-hybridized carbons (Fsp3) is 0.350. The van der Waals surface area contributed by atoms with Crippen LogP contribution in [0.25, 0.3) is 0 Å². The second kappa shape index (κ2) is 6.31. The molecule has 1 spiro atoms. The van der Waals surface area contributed by atoms with Crippen LogP contribution >= 0.6 is 0 Å². The summed E-state index contributed by atoms with van der Waals surface area (Å²) >= 11 is 0. The molecule has 1 aromatic carbocycles. The maximum atomic E-state index is 12.7. The Kier molecular flexibility index (Phi) is 3.99. The Hall–Kier alpha value is -2.69. The minimum Gasteiger partial charge on any atom is -0.355 e. The van der Waals surface area contributed by atoms with Gasteiger partial charge in [0.15, 0.2) is 0 Å². The highest BCUT2D eigenvalue weighted by molar-refractivity contribution is 5.94. The quantitative estimate of drug-likeness (QED) is 0.915. The van der Waals surface area contributed by atoms with E-state index >= 15 is 0 Å². The van der Waals surface area contributed by atoms with Gasteiger partial charge in [0, 0.05) is 37.9 Å². The van der Waals surface area contributed by atoms with Gasteiger partial charge < -0.3 is 10.2 Å². The molecule has 0 radical (unpaired) electrons. The molecule has 1 unspecified atom stereocenters. The average Bonchev–Trinajstić information content (AvgIpc) is 2.99. The number of carbonyl (C=O) groups excluding carboxylic acids is 2. The molecular weight excluding hydrogens is 314 g/mol. The van der Waals surface area contributed by atoms with Crippen molar-refractivity contribution < 1.29 is 9.59 Å². The van der Waals surface area contributed by atoms with Crippen molar-refractivity contribution in [1.29, 1.82) is 0 Å². The van der Waals surface area contributed by atoms with Crippen LogP contribution in [0.15, 0.2) is 54.9 Å². The zero-order chi connectivity index (χ0) is 17.3. The molecule has 4 rings (SSSR count). The second-order valence-electron chi connectivity index (χ2n) is 6.86. The molecule has 1 N–H and O–H groups in total. The topological polar surface area (TPSA) is 62.3 Å². The number of rotatable bonds is 2. The van der Waals surface area contributed by atoms with Crippen LogP contribution in [0.5, 0.6) is 0 Å². The van der Waals surface area contributed by atoms with E-state index in [4.69, 9.17) is 0 Å². The van der Waals surface area contributed by atoms with Gasteiger partial charge >= 0.3 is 0 Å². The molecule has 2 aliphatic rings. The van der Waals surface area contributed by atoms with Crippen LogP contribution in [0.4, 0.5) is 0 Å². The van der Waals surface area contributed by atoms with Crippen LogP contribution in [0.3, 0.4) is 0 Å². The molecule has 5 nitrogen and oxygen atoms in total. The van der Waals surface area contributed by atoms with Crippen molar-refractivity contribution in [2.75, 3.05) is 19.6 Å². The zero-order valence-electron chi connectivity index (χ0n) is 14.0. The molecule has 1 aromatic heterocycles. The van der Waals surface area contributed by atoms with E-state index in [9.17, 15) is 9.59 Å². The summed E-state index contributed by atoms with van der Waals surface area (Å²) < 4.78 is 0. The molecule has 2 fully saturated rings. The highest BCUT2D eigenvalue weighted by atomic mass is 16.2. The lowest BCUT2D eigenvalue weighted by Crippen LogP contribution is -2.47. The molecule has 0 aliphatic carbocycles. The first kappa shape index (κ1) is 15.8. The van der Waals surface area contributed by atoms with Gasteiger partial charge in [0.25, 0.3) is 5.91 Å². The van der Waals surface area contributed by atoms with E-state index in [1.165, 1.54) is 5.56 Å². The first-order valence-electron chi connectivity index (χ1n) is 8.73. The van der Waals surface area contributed by atoms with Crippen LogP contribution in [-0.4, -0.2) is 41.3 Å². The van der Waals surface area contributed by atoms with Crippen LogP contribution in [-0.2, 0) is 4.79 Å². The van der Waals surface area contributed by atoms with Crippen LogP contribution < -0.4 is 5.32 Å². The second-order valence-corrected chi connectivity index (χ2v) is 6.86. The van der Waals surface area contributed by atoms with Gasteiger partial charge in [0.1, 0.15) is 0 Å². The number of piperidine rings is 1. The van der Waals surface area contributed by atoms with Crippen molar-refractivity contribution in [3.05, 3.63) is 66.0 Å². The lowest BCUT2D eigenvalue weighted by molar-refractivity contribution is -0.130. The molecule has 25 heavy (non-hydrogen) atoms. The summed E-state index contributed by atoms with van der Waals surface area (Å²) in [6.07, 6.45) is 4.66. The molecule has 1 atom stereocenters. The zero-order valence-corrected chi connectivity index (χ0v) is 14.0. The van der Waals surface area contributed by atoms with Crippen molar-refractivity contribution in [3.8, 4) is 0 Å². The standard InChI is InChI=1S/C20H21N3O2/c24-18(16-7-4-10-21-13-16)23-11-8-20(9-12-23)17(14-22-19(20)25)15-5-2-1-3-6-15/h1-7,10,13,17H,8-9,11-12,14H2,(H,22,25). The monoisotopic (exact) mass is 335 g/mol. The van der Waals surface area contributed by atoms with Gasteiger partial charge in [0.2, 0.25) is 5.91 Å². The Morgan fingerprint density at radius 1 is 1.12 bits per heavy atom. The van der Waals surface area contributed by atoms with E-state index in [0.717, 1.165) is 0 Å². The summed E-state index contributed by atoms with van der Waals surface area (Å²) in [5.74, 6) is 0.310. The SMILES string of the molecule is O=C(c1cccnc1)N1CCC2(CC1)C(=O)NCC2c1ccccc1. The summed E-state index contributed by atoms with van der Waals surface area (Å²) in [6, 6.07) is 13.8. The summed E-state index contributed by atoms with van der Waals surface area (Å²) in [6.45, 7) is 1.88. The summed E-state index contributed by atoms with van der Waals surface area (Å²) in [4.78, 5) is 31.1. The number of benzene rings is 1. The molecule has 2 amide bonds. The maximum absolute atomic E-state index is 12.7. The molecule has 2 aromatic rings. The van der Waals surface area contributed by atoms with E-state index in [1.54, 1.807) is 24.5 Å². The van der Waals surface area contributed by atoms with Gasteiger partial charge in [-0.25, -0.2) is 0 Å². The molecule has 128 valence electrons. The van der Waals surface area contributed by atoms with E-state index in [1.807, 2.05) is 23.1 Å². The number of carbonyl (C=O) groups is 2. The Balaban J connectivity index is 1.53. The van der Waals surface area contributed by atoms with E-state index in [-0.39, 0.29) is 17.7 Å². The summed E-state index contributed by atoms with van der Waals surface area (Å²) in [5, 5.41) is 3.05. The number of hydrogen-bond acceptors (Lipinski definition) is 3. The van der Waals surface area contributed by atoms with E-state index in [0.29, 0.717) is 38.0 Å². The predicted molar refractivity (Wildman–Crippen MR) is 94.0 cm³/mol. The van der Waals surface area contributed by atoms with Gasteiger partial charge in [-0.2, -0.15) is 0 Å². The van der Waals surface area contributed by atoms with Crippen LogP contribution in [0, 0.1) is 5.41 Å². The molecule has 0 saturated carbocycles. The third kappa shape index (κ3) is 2.69. The Labute approximate surface area is 147 Å². The number of likely N-dealkylation sites (tertiary alicyclic amines) is 1. The third-order valence-corrected chi connectivity index (χ3v) is 5.64. The van der Waals surface area contributed by atoms with E-state index < -0.39 is 5.41 Å². The lowest BCUT2D eigenvalue weighted by atomic mass is 9.68.